The van der Waals surface area contributed by atoms with Crippen molar-refractivity contribution >= 4 is 5.97 Å². The lowest BCUT2D eigenvalue weighted by Gasteiger charge is -2.45. The summed E-state index contributed by atoms with van der Waals surface area (Å²) in [5, 5.41) is 20.9. The monoisotopic (exact) mass is 516 g/mol. The molecule has 0 bridgehead atoms. The highest BCUT2D eigenvalue weighted by Gasteiger charge is 2.52. The van der Waals surface area contributed by atoms with E-state index >= 15 is 0 Å². The molecule has 0 aromatic heterocycles. The average Bonchev–Trinajstić information content (AvgIpc) is 3.40. The van der Waals surface area contributed by atoms with Gasteiger partial charge < -0.3 is 14.9 Å². The Balaban J connectivity index is 1.32. The fourth-order valence-electron chi connectivity index (χ4n) is 8.28. The number of hydrogen-bond donors (Lipinski definition) is 2. The third-order valence-corrected chi connectivity index (χ3v) is 10.6. The van der Waals surface area contributed by atoms with E-state index in [4.69, 9.17) is 4.74 Å². The molecular formula is C34H44O4. The Labute approximate surface area is 228 Å². The molecule has 4 fully saturated rings. The van der Waals surface area contributed by atoms with Gasteiger partial charge in [0.2, 0.25) is 0 Å². The quantitative estimate of drug-likeness (QED) is 0.339. The van der Waals surface area contributed by atoms with E-state index in [1.165, 1.54) is 31.3 Å². The van der Waals surface area contributed by atoms with E-state index in [1.54, 1.807) is 0 Å². The number of allylic oxidation sites excluding steroid dienone is 3. The van der Waals surface area contributed by atoms with E-state index in [0.29, 0.717) is 29.7 Å². The molecule has 1 aliphatic heterocycles. The number of fused-ring (bicyclic) bond motifs is 1. The number of cyclic esters (lactones) is 1. The smallest absolute Gasteiger partial charge is 0.334 e. The normalized spacial score (nSPS) is 40.4. The zero-order valence-corrected chi connectivity index (χ0v) is 23.2. The van der Waals surface area contributed by atoms with Crippen molar-refractivity contribution in [3.63, 3.8) is 0 Å². The van der Waals surface area contributed by atoms with Crippen molar-refractivity contribution in [1.29, 1.82) is 0 Å². The average molecular weight is 517 g/mol. The first-order valence-electron chi connectivity index (χ1n) is 14.5. The second-order valence-electron chi connectivity index (χ2n) is 12.7. The van der Waals surface area contributed by atoms with Crippen LogP contribution in [0.1, 0.15) is 77.2 Å². The van der Waals surface area contributed by atoms with Crippen molar-refractivity contribution in [2.24, 2.45) is 29.1 Å². The predicted molar refractivity (Wildman–Crippen MR) is 151 cm³/mol. The molecule has 1 saturated heterocycles. The van der Waals surface area contributed by atoms with E-state index in [9.17, 15) is 15.0 Å². The van der Waals surface area contributed by atoms with E-state index in [0.717, 1.165) is 29.6 Å². The van der Waals surface area contributed by atoms with Crippen LogP contribution < -0.4 is 0 Å². The Morgan fingerprint density at radius 1 is 1.13 bits per heavy atom. The molecule has 0 amide bonds. The van der Waals surface area contributed by atoms with Gasteiger partial charge in [-0.3, -0.25) is 0 Å². The molecule has 3 aliphatic carbocycles. The van der Waals surface area contributed by atoms with Crippen LogP contribution in [0.5, 0.6) is 0 Å². The molecule has 2 N–H and O–H groups in total. The minimum atomic E-state index is -0.683. The maximum Gasteiger partial charge on any atom is 0.334 e. The van der Waals surface area contributed by atoms with Gasteiger partial charge in [-0.1, -0.05) is 82.0 Å². The Kier molecular flexibility index (Phi) is 7.59. The van der Waals surface area contributed by atoms with Crippen molar-refractivity contribution in [1.82, 2.24) is 0 Å². The molecule has 4 heteroatoms. The fourth-order valence-corrected chi connectivity index (χ4v) is 8.28. The topological polar surface area (TPSA) is 66.8 Å². The van der Waals surface area contributed by atoms with Gasteiger partial charge in [0.15, 0.2) is 0 Å². The van der Waals surface area contributed by atoms with Crippen LogP contribution in [0.2, 0.25) is 0 Å². The fraction of sp³-hybridized carbons (Fsp3) is 0.559. The van der Waals surface area contributed by atoms with Crippen LogP contribution in [-0.2, 0) is 9.53 Å². The molecule has 204 valence electrons. The van der Waals surface area contributed by atoms with Crippen LogP contribution in [0.4, 0.5) is 0 Å². The van der Waals surface area contributed by atoms with Crippen molar-refractivity contribution in [3.8, 4) is 0 Å². The Hall–Kier alpha value is -2.43. The molecule has 3 saturated carbocycles. The van der Waals surface area contributed by atoms with Crippen LogP contribution in [0.25, 0.3) is 0 Å². The highest BCUT2D eigenvalue weighted by Crippen LogP contribution is 2.60. The highest BCUT2D eigenvalue weighted by molar-refractivity contribution is 5.92. The molecule has 0 radical (unpaired) electrons. The minimum absolute atomic E-state index is 0.0680. The predicted octanol–water partition coefficient (Wildman–Crippen LogP) is 6.67. The lowest BCUT2D eigenvalue weighted by molar-refractivity contribution is -0.139. The Morgan fingerprint density at radius 2 is 1.87 bits per heavy atom. The lowest BCUT2D eigenvalue weighted by atomic mass is 9.60. The molecule has 5 rings (SSSR count). The lowest BCUT2D eigenvalue weighted by Crippen LogP contribution is -2.37. The summed E-state index contributed by atoms with van der Waals surface area (Å²) in [6, 6.07) is 10.2. The van der Waals surface area contributed by atoms with Crippen LogP contribution >= 0.6 is 0 Å². The number of carbonyl (C=O) groups is 1. The van der Waals surface area contributed by atoms with Gasteiger partial charge in [0.05, 0.1) is 18.1 Å². The summed E-state index contributed by atoms with van der Waals surface area (Å²) < 4.78 is 5.89. The summed E-state index contributed by atoms with van der Waals surface area (Å²) in [5.74, 6) is 1.04. The van der Waals surface area contributed by atoms with Gasteiger partial charge in [0.1, 0.15) is 6.10 Å². The number of carbonyl (C=O) groups excluding carboxylic acids is 1. The van der Waals surface area contributed by atoms with E-state index in [1.807, 2.05) is 25.1 Å². The summed E-state index contributed by atoms with van der Waals surface area (Å²) in [4.78, 5) is 12.5. The van der Waals surface area contributed by atoms with E-state index < -0.39 is 12.2 Å². The van der Waals surface area contributed by atoms with Gasteiger partial charge in [0.25, 0.3) is 0 Å². The maximum absolute atomic E-state index is 12.5. The molecule has 1 heterocycles. The molecule has 38 heavy (non-hydrogen) atoms. The highest BCUT2D eigenvalue weighted by atomic mass is 16.6. The largest absolute Gasteiger partial charge is 0.458 e. The molecule has 0 spiro atoms. The van der Waals surface area contributed by atoms with Gasteiger partial charge in [-0.15, -0.1) is 0 Å². The van der Waals surface area contributed by atoms with Crippen LogP contribution in [-0.4, -0.2) is 34.5 Å². The van der Waals surface area contributed by atoms with Crippen LogP contribution in [0.15, 0.2) is 77.9 Å². The van der Waals surface area contributed by atoms with Crippen molar-refractivity contribution in [2.75, 3.05) is 0 Å². The van der Waals surface area contributed by atoms with Gasteiger partial charge in [-0.2, -0.15) is 0 Å². The van der Waals surface area contributed by atoms with Crippen molar-refractivity contribution < 1.29 is 19.7 Å². The van der Waals surface area contributed by atoms with Crippen LogP contribution in [0.3, 0.4) is 0 Å². The van der Waals surface area contributed by atoms with Gasteiger partial charge in [-0.05, 0) is 84.8 Å². The summed E-state index contributed by atoms with van der Waals surface area (Å²) in [5.41, 5.74) is 5.13. The number of rotatable bonds is 5. The van der Waals surface area contributed by atoms with E-state index in [2.05, 4.69) is 51.3 Å². The molecule has 1 aromatic rings. The zero-order valence-electron chi connectivity index (χ0n) is 23.2. The number of aliphatic hydroxyl groups is 2. The zero-order chi connectivity index (χ0) is 27.2. The van der Waals surface area contributed by atoms with Crippen molar-refractivity contribution in [2.45, 2.75) is 89.9 Å². The summed E-state index contributed by atoms with van der Waals surface area (Å²) in [6.45, 7) is 14.9. The number of hydrogen-bond acceptors (Lipinski definition) is 4. The standard InChI is InChI=1S/C34H44O4/c1-20(18-30-31(23(4)33(37)38-30)25-10-7-6-8-11-25)27-15-16-28-24(12-9-17-34(27,28)5)13-14-26-19-29(35)22(3)32(36)21(26)2/h6-8,10-11,13-14,20,22,27-32,35-36H,2,4,9,12,15-19H2,1,3,5H3/b24-13+,26-14-/t20-,22+,27-,28+,29-,30+,31+,32-,34-/m1/s1. The second-order valence-corrected chi connectivity index (χ2v) is 12.7. The van der Waals surface area contributed by atoms with Gasteiger partial charge >= 0.3 is 5.97 Å². The van der Waals surface area contributed by atoms with Crippen molar-refractivity contribution in [3.05, 3.63) is 83.5 Å². The molecule has 4 nitrogen and oxygen atoms in total. The summed E-state index contributed by atoms with van der Waals surface area (Å²) in [7, 11) is 0. The summed E-state index contributed by atoms with van der Waals surface area (Å²) >= 11 is 0. The summed E-state index contributed by atoms with van der Waals surface area (Å²) in [6.07, 6.45) is 10.3. The second kappa shape index (κ2) is 10.6. The maximum atomic E-state index is 12.5. The SMILES string of the molecule is C=C1/C(=C\C=C2/CCC[C@]3(C)[C@@H]([C@H](C)C[C@@H]4OC(=O)C(=C)[C@H]4c4ccccc4)CC[C@@H]23)C[C@@H](O)[C@H](C)[C@@H]1O. The van der Waals surface area contributed by atoms with Crippen LogP contribution in [0, 0.1) is 29.1 Å². The third-order valence-electron chi connectivity index (χ3n) is 10.6. The molecular weight excluding hydrogens is 472 g/mol. The minimum Gasteiger partial charge on any atom is -0.458 e. The Bertz CT molecular complexity index is 1150. The first-order chi connectivity index (χ1) is 18.1. The molecule has 9 atom stereocenters. The molecule has 0 unspecified atom stereocenters. The number of benzene rings is 1. The molecule has 4 aliphatic rings. The van der Waals surface area contributed by atoms with Gasteiger partial charge in [0, 0.05) is 11.5 Å². The number of esters is 1. The number of ether oxygens (including phenoxy) is 1. The molecule has 1 aromatic carbocycles. The van der Waals surface area contributed by atoms with Gasteiger partial charge in [-0.25, -0.2) is 4.79 Å². The van der Waals surface area contributed by atoms with E-state index in [-0.39, 0.29) is 29.3 Å². The Morgan fingerprint density at radius 3 is 2.61 bits per heavy atom. The third kappa shape index (κ3) is 4.75. The first-order valence-corrected chi connectivity index (χ1v) is 14.5. The first kappa shape index (κ1) is 27.1. The number of aliphatic hydroxyl groups excluding tert-OH is 2.